The molecule has 380 valence electrons. The second-order valence-electron chi connectivity index (χ2n) is 15.9. The van der Waals surface area contributed by atoms with Crippen molar-refractivity contribution in [1.82, 2.24) is 0 Å². The molecule has 0 unspecified atom stereocenters. The van der Waals surface area contributed by atoms with E-state index in [9.17, 15) is 46.1 Å². The quantitative estimate of drug-likeness (QED) is 0.0260. The van der Waals surface area contributed by atoms with Crippen LogP contribution in [0.4, 0.5) is 34.1 Å². The molecule has 4 N–H and O–H groups in total. The van der Waals surface area contributed by atoms with Gasteiger partial charge in [0.15, 0.2) is 5.75 Å². The van der Waals surface area contributed by atoms with Crippen LogP contribution in [-0.2, 0) is 20.2 Å². The molecule has 18 nitrogen and oxygen atoms in total. The molecule has 0 saturated carbocycles. The number of hydrogen-bond donors (Lipinski definition) is 4. The Labute approximate surface area is 481 Å². The first-order valence-electron chi connectivity index (χ1n) is 22.1. The maximum absolute atomic E-state index is 13.4. The molecule has 0 radical (unpaired) electrons. The third-order valence-electron chi connectivity index (χ3n) is 10.8. The molecule has 0 aliphatic heterocycles. The zero-order valence-corrected chi connectivity index (χ0v) is 47.7. The molecule has 0 heterocycles. The number of phenols is 1. The van der Waals surface area contributed by atoms with Gasteiger partial charge in [-0.1, -0.05) is 102 Å². The number of phenolic OH excluding ortho intramolecular Hbond substituents is 1. The Balaban J connectivity index is 0.000000241. The number of hydrogen-bond acceptors (Lipinski definition) is 15. The van der Waals surface area contributed by atoms with Gasteiger partial charge in [-0.25, -0.2) is 0 Å². The van der Waals surface area contributed by atoms with Gasteiger partial charge in [-0.2, -0.15) is 21.9 Å². The van der Waals surface area contributed by atoms with Crippen molar-refractivity contribution in [3.05, 3.63) is 166 Å². The van der Waals surface area contributed by atoms with E-state index in [0.717, 1.165) is 0 Å². The van der Waals surface area contributed by atoms with Crippen LogP contribution in [0.5, 0.6) is 23.0 Å². The number of anilines is 1. The summed E-state index contributed by atoms with van der Waals surface area (Å²) in [6, 6.07) is 35.5. The Morgan fingerprint density at radius 2 is 1.08 bits per heavy atom. The minimum Gasteiger partial charge on any atom is -0.871 e. The van der Waals surface area contributed by atoms with Gasteiger partial charge in [-0.3, -0.25) is 18.9 Å². The van der Waals surface area contributed by atoms with Crippen LogP contribution in [0.1, 0.15) is 40.9 Å². The number of halogens is 2. The second kappa shape index (κ2) is 25.0. The summed E-state index contributed by atoms with van der Waals surface area (Å²) in [5.74, 6) is -1.54. The molecule has 0 aliphatic carbocycles. The van der Waals surface area contributed by atoms with E-state index in [1.165, 1.54) is 50.2 Å². The van der Waals surface area contributed by atoms with Crippen molar-refractivity contribution >= 4 is 160 Å². The van der Waals surface area contributed by atoms with Crippen molar-refractivity contribution in [2.24, 2.45) is 25.4 Å². The number of azo groups is 2. The van der Waals surface area contributed by atoms with Crippen molar-refractivity contribution in [2.45, 2.75) is 37.5 Å². The molecular formula is C52H42BaCl2N6O12S2. The Morgan fingerprint density at radius 3 is 1.61 bits per heavy atom. The number of ether oxygens (including phenoxy) is 2. The zero-order chi connectivity index (χ0) is 53.5. The molecule has 8 rings (SSSR count). The van der Waals surface area contributed by atoms with Crippen LogP contribution in [0, 0.1) is 13.8 Å². The molecule has 0 bridgehead atoms. The number of aryl methyl sites for hydroxylation is 2. The van der Waals surface area contributed by atoms with Gasteiger partial charge in [0.1, 0.15) is 38.4 Å². The van der Waals surface area contributed by atoms with Crippen molar-refractivity contribution in [2.75, 3.05) is 18.5 Å². The monoisotopic (exact) mass is 1210 g/mol. The van der Waals surface area contributed by atoms with Crippen LogP contribution < -0.4 is 25.0 Å². The van der Waals surface area contributed by atoms with Crippen LogP contribution in [-0.4, -0.2) is 105 Å². The molecular weight excluding hydrogens is 1170 g/mol. The van der Waals surface area contributed by atoms with E-state index in [4.69, 9.17) is 32.7 Å². The smallest absolute Gasteiger partial charge is 0.871 e. The number of carbonyl (C=O) groups is 1. The Kier molecular flexibility index (Phi) is 19.3. The summed E-state index contributed by atoms with van der Waals surface area (Å²) in [5, 5.41) is 58.0. The van der Waals surface area contributed by atoms with Crippen LogP contribution in [0.25, 0.3) is 21.5 Å². The summed E-state index contributed by atoms with van der Waals surface area (Å²) in [6.45, 7) is 7.49. The largest absolute Gasteiger partial charge is 2.00 e. The van der Waals surface area contributed by atoms with Gasteiger partial charge in [0.25, 0.3) is 26.1 Å². The number of rotatable bonds is 14. The Hall–Kier alpha value is -6.41. The van der Waals surface area contributed by atoms with Crippen molar-refractivity contribution in [1.29, 1.82) is 0 Å². The first-order valence-corrected chi connectivity index (χ1v) is 25.7. The first kappa shape index (κ1) is 57.9. The third kappa shape index (κ3) is 13.7. The number of nitrogens with zero attached hydrogens (tertiary/aromatic N) is 5. The molecule has 0 fully saturated rings. The zero-order valence-electron chi connectivity index (χ0n) is 40.1. The van der Waals surface area contributed by atoms with E-state index >= 15 is 0 Å². The fourth-order valence-electron chi connectivity index (χ4n) is 7.51. The van der Waals surface area contributed by atoms with Crippen LogP contribution in [0.3, 0.4) is 0 Å². The Morgan fingerprint density at radius 1 is 0.613 bits per heavy atom. The fraction of sp³-hybridized carbons (Fsp3) is 0.115. The summed E-state index contributed by atoms with van der Waals surface area (Å²) >= 11 is 12.3. The third-order valence-corrected chi connectivity index (χ3v) is 13.5. The second-order valence-corrected chi connectivity index (χ2v) is 19.4. The van der Waals surface area contributed by atoms with Gasteiger partial charge >= 0.3 is 48.9 Å². The summed E-state index contributed by atoms with van der Waals surface area (Å²) < 4.78 is 78.2. The number of carbonyl (C=O) groups excluding carboxylic acids is 1. The van der Waals surface area contributed by atoms with E-state index in [1.54, 1.807) is 97.1 Å². The normalized spacial score (nSPS) is 11.9. The molecule has 23 heteroatoms. The van der Waals surface area contributed by atoms with Gasteiger partial charge in [0.05, 0.1) is 40.2 Å². The van der Waals surface area contributed by atoms with Crippen LogP contribution in [0.2, 0.25) is 10.0 Å². The van der Waals surface area contributed by atoms with Crippen LogP contribution in [0.15, 0.2) is 169 Å². The SMILES string of the molecule is CCOc1cccc(N=C([O-])c2cc3ccccc3c(N=Nc3c(Cl)ccc(C)c3S(=O)(=O)O)c2[O-])c1.CCOc1cccc(NC(=O)c2cc3ccccc3c(N=Nc3c(Cl)ccc(C)c3S(=O)(=O)O)c2O)c1.[Ba+2]. The minimum atomic E-state index is -4.70. The standard InChI is InChI=1S/2C26H22ClN3O6S.Ba/c2*1-3-36-18-9-6-8-17(14-18)28-26(32)20-13-16-7-4-5-10-19(16)22(24(20)31)29-30-23-21(27)12-11-15(2)25(23)37(33,34)35;/h2*4-14,31H,3H2,1-2H3,(H,28,32)(H,33,34,35);/q;;+2/p-2. The van der Waals surface area contributed by atoms with Crippen molar-refractivity contribution in [3.63, 3.8) is 0 Å². The Bertz CT molecular complexity index is 3830. The van der Waals surface area contributed by atoms with E-state index < -0.39 is 53.3 Å². The van der Waals surface area contributed by atoms with E-state index in [1.807, 2.05) is 13.8 Å². The first-order chi connectivity index (χ1) is 35.2. The number of nitrogens with one attached hydrogen (secondary N) is 1. The van der Waals surface area contributed by atoms with Gasteiger partial charge in [0.2, 0.25) is 0 Å². The molecule has 8 aromatic carbocycles. The number of amides is 1. The predicted octanol–water partition coefficient (Wildman–Crippen LogP) is 11.8. The molecule has 0 aliphatic rings. The number of aliphatic imine (C=N–C) groups is 1. The average molecular weight is 1220 g/mol. The summed E-state index contributed by atoms with van der Waals surface area (Å²) in [5.41, 5.74) is -0.102. The molecule has 0 atom stereocenters. The number of aromatic hydroxyl groups is 1. The summed E-state index contributed by atoms with van der Waals surface area (Å²) in [6.07, 6.45) is 0. The molecule has 0 spiro atoms. The summed E-state index contributed by atoms with van der Waals surface area (Å²) in [7, 11) is -9.39. The minimum absolute atomic E-state index is 0. The van der Waals surface area contributed by atoms with Gasteiger partial charge in [0, 0.05) is 28.6 Å². The maximum Gasteiger partial charge on any atom is 2.00 e. The van der Waals surface area contributed by atoms with Gasteiger partial charge in [-0.05, 0) is 110 Å². The van der Waals surface area contributed by atoms with E-state index in [2.05, 4.69) is 30.8 Å². The molecule has 0 saturated heterocycles. The number of fused-ring (bicyclic) bond motifs is 2. The molecule has 0 aromatic heterocycles. The van der Waals surface area contributed by atoms with Crippen LogP contribution >= 0.6 is 23.2 Å². The average Bonchev–Trinajstić information content (AvgIpc) is 3.34. The van der Waals surface area contributed by atoms with Crippen molar-refractivity contribution in [3.8, 4) is 23.0 Å². The number of benzene rings is 8. The van der Waals surface area contributed by atoms with E-state index in [-0.39, 0.29) is 104 Å². The van der Waals surface area contributed by atoms with Crippen molar-refractivity contribution < 1.29 is 55.5 Å². The predicted molar refractivity (Wildman–Crippen MR) is 284 cm³/mol. The van der Waals surface area contributed by atoms with Gasteiger partial charge < -0.3 is 30.1 Å². The molecule has 8 aromatic rings. The summed E-state index contributed by atoms with van der Waals surface area (Å²) in [4.78, 5) is 16.2. The fourth-order valence-corrected chi connectivity index (χ4v) is 9.75. The van der Waals surface area contributed by atoms with E-state index in [0.29, 0.717) is 57.6 Å². The topological polar surface area (TPSA) is 284 Å². The molecule has 75 heavy (non-hydrogen) atoms. The van der Waals surface area contributed by atoms with Gasteiger partial charge in [-0.15, -0.1) is 15.3 Å². The maximum atomic E-state index is 13.4. The molecule has 1 amide bonds.